The Morgan fingerprint density at radius 2 is 1.80 bits per heavy atom. The van der Waals surface area contributed by atoms with Gasteiger partial charge in [0, 0.05) is 5.92 Å². The number of hydrogen-bond acceptors (Lipinski definition) is 1. The smallest absolute Gasteiger partial charge is 0.347 e. The van der Waals surface area contributed by atoms with Crippen LogP contribution in [0, 0.1) is 11.8 Å². The molecule has 88 valence electrons. The third-order valence-electron chi connectivity index (χ3n) is 2.85. The van der Waals surface area contributed by atoms with Gasteiger partial charge in [0.15, 0.2) is 0 Å². The maximum Gasteiger partial charge on any atom is 0.405 e. The quantitative estimate of drug-likeness (QED) is 0.765. The van der Waals surface area contributed by atoms with Crippen molar-refractivity contribution in [3.8, 4) is 0 Å². The molecule has 0 spiro atoms. The highest BCUT2D eigenvalue weighted by Gasteiger charge is 2.30. The Morgan fingerprint density at radius 3 is 2.27 bits per heavy atom. The van der Waals surface area contributed by atoms with Gasteiger partial charge in [-0.05, 0) is 31.6 Å². The highest BCUT2D eigenvalue weighted by Crippen LogP contribution is 2.28. The van der Waals surface area contributed by atoms with Crippen molar-refractivity contribution in [1.82, 2.24) is 5.32 Å². The van der Waals surface area contributed by atoms with E-state index in [0.717, 1.165) is 12.8 Å². The summed E-state index contributed by atoms with van der Waals surface area (Å²) < 4.78 is 35.5. The molecule has 0 heterocycles. The molecule has 0 radical (unpaired) electrons. The van der Waals surface area contributed by atoms with Gasteiger partial charge in [0.25, 0.3) is 0 Å². The first-order chi connectivity index (χ1) is 6.88. The lowest BCUT2D eigenvalue weighted by molar-refractivity contribution is -0.141. The van der Waals surface area contributed by atoms with Gasteiger partial charge in [-0.2, -0.15) is 13.2 Å². The van der Waals surface area contributed by atoms with E-state index in [2.05, 4.69) is 6.92 Å². The van der Waals surface area contributed by atoms with Crippen molar-refractivity contribution in [2.75, 3.05) is 6.54 Å². The second-order valence-electron chi connectivity index (χ2n) is 4.29. The van der Waals surface area contributed by atoms with Crippen LogP contribution in [0.3, 0.4) is 0 Å². The lowest BCUT2D eigenvalue weighted by Gasteiger charge is -2.25. The third kappa shape index (κ3) is 4.53. The Bertz CT molecular complexity index is 219. The average molecular weight is 223 g/mol. The molecule has 0 aromatic rings. The van der Waals surface area contributed by atoms with Gasteiger partial charge in [-0.3, -0.25) is 4.79 Å². The number of hydrogen-bond donors (Lipinski definition) is 1. The van der Waals surface area contributed by atoms with Crippen molar-refractivity contribution in [3.63, 3.8) is 0 Å². The van der Waals surface area contributed by atoms with E-state index >= 15 is 0 Å². The summed E-state index contributed by atoms with van der Waals surface area (Å²) in [7, 11) is 0. The molecule has 0 bridgehead atoms. The zero-order chi connectivity index (χ0) is 11.5. The number of rotatable bonds is 2. The Morgan fingerprint density at radius 1 is 1.27 bits per heavy atom. The number of amides is 1. The monoisotopic (exact) mass is 223 g/mol. The molecule has 15 heavy (non-hydrogen) atoms. The summed E-state index contributed by atoms with van der Waals surface area (Å²) in [6, 6.07) is 0. The molecule has 0 atom stereocenters. The molecule has 5 heteroatoms. The summed E-state index contributed by atoms with van der Waals surface area (Å²) in [4.78, 5) is 11.3. The van der Waals surface area contributed by atoms with Gasteiger partial charge in [-0.15, -0.1) is 0 Å². The molecule has 0 aromatic heterocycles. The standard InChI is InChI=1S/C10H16F3NO/c1-7-2-4-8(5-3-7)9(15)14-6-10(11,12)13/h7-8H,2-6H2,1H3,(H,14,15)/t7-,8-. The molecule has 0 aromatic carbocycles. The number of nitrogens with one attached hydrogen (secondary N) is 1. The van der Waals surface area contributed by atoms with Crippen LogP contribution in [0.5, 0.6) is 0 Å². The lowest BCUT2D eigenvalue weighted by atomic mass is 9.82. The van der Waals surface area contributed by atoms with Crippen LogP contribution in [-0.2, 0) is 4.79 Å². The van der Waals surface area contributed by atoms with Crippen LogP contribution in [0.1, 0.15) is 32.6 Å². The van der Waals surface area contributed by atoms with Crippen LogP contribution in [-0.4, -0.2) is 18.6 Å². The number of halogens is 3. The van der Waals surface area contributed by atoms with E-state index in [0.29, 0.717) is 18.8 Å². The van der Waals surface area contributed by atoms with E-state index in [1.807, 2.05) is 5.32 Å². The normalized spacial score (nSPS) is 27.5. The second kappa shape index (κ2) is 4.86. The zero-order valence-electron chi connectivity index (χ0n) is 8.73. The zero-order valence-corrected chi connectivity index (χ0v) is 8.73. The van der Waals surface area contributed by atoms with E-state index in [-0.39, 0.29) is 5.92 Å². The van der Waals surface area contributed by atoms with E-state index in [1.54, 1.807) is 0 Å². The number of alkyl halides is 3. The van der Waals surface area contributed by atoms with E-state index < -0.39 is 18.6 Å². The molecule has 1 fully saturated rings. The van der Waals surface area contributed by atoms with Gasteiger partial charge >= 0.3 is 6.18 Å². The molecule has 0 saturated heterocycles. The molecule has 1 aliphatic carbocycles. The average Bonchev–Trinajstić information content (AvgIpc) is 2.14. The SMILES string of the molecule is C[C@H]1CC[C@H](C(=O)NCC(F)(F)F)CC1. The van der Waals surface area contributed by atoms with Gasteiger partial charge < -0.3 is 5.32 Å². The lowest BCUT2D eigenvalue weighted by Crippen LogP contribution is -2.38. The molecule has 0 unspecified atom stereocenters. The fraction of sp³-hybridized carbons (Fsp3) is 0.900. The van der Waals surface area contributed by atoms with Crippen molar-refractivity contribution in [2.24, 2.45) is 11.8 Å². The second-order valence-corrected chi connectivity index (χ2v) is 4.29. The van der Waals surface area contributed by atoms with Gasteiger partial charge in [-0.25, -0.2) is 0 Å². The molecule has 1 rings (SSSR count). The highest BCUT2D eigenvalue weighted by molar-refractivity contribution is 5.78. The van der Waals surface area contributed by atoms with E-state index in [1.165, 1.54) is 0 Å². The summed E-state index contributed by atoms with van der Waals surface area (Å²) in [6.45, 7) is 0.891. The predicted molar refractivity (Wildman–Crippen MR) is 50.2 cm³/mol. The van der Waals surface area contributed by atoms with Crippen molar-refractivity contribution >= 4 is 5.91 Å². The first-order valence-electron chi connectivity index (χ1n) is 5.23. The molecule has 2 nitrogen and oxygen atoms in total. The Labute approximate surface area is 87.2 Å². The molecular weight excluding hydrogens is 207 g/mol. The van der Waals surface area contributed by atoms with Crippen LogP contribution < -0.4 is 5.32 Å². The molecule has 1 saturated carbocycles. The van der Waals surface area contributed by atoms with E-state index in [4.69, 9.17) is 0 Å². The summed E-state index contributed by atoms with van der Waals surface area (Å²) in [5.74, 6) is -0.0700. The van der Waals surface area contributed by atoms with Crippen LogP contribution in [0.2, 0.25) is 0 Å². The van der Waals surface area contributed by atoms with Crippen LogP contribution in [0.15, 0.2) is 0 Å². The molecule has 1 aliphatic rings. The maximum atomic E-state index is 11.8. The Hall–Kier alpha value is -0.740. The summed E-state index contributed by atoms with van der Waals surface area (Å²) >= 11 is 0. The summed E-state index contributed by atoms with van der Waals surface area (Å²) in [5.41, 5.74) is 0. The van der Waals surface area contributed by atoms with Gasteiger partial charge in [0.05, 0.1) is 0 Å². The molecule has 1 amide bonds. The minimum absolute atomic E-state index is 0.219. The largest absolute Gasteiger partial charge is 0.405 e. The Balaban J connectivity index is 2.29. The van der Waals surface area contributed by atoms with Crippen molar-refractivity contribution in [2.45, 2.75) is 38.8 Å². The van der Waals surface area contributed by atoms with Gasteiger partial charge in [0.2, 0.25) is 5.91 Å². The summed E-state index contributed by atoms with van der Waals surface area (Å²) in [5, 5.41) is 1.94. The van der Waals surface area contributed by atoms with Crippen LogP contribution in [0.25, 0.3) is 0 Å². The minimum atomic E-state index is -4.31. The molecule has 1 N–H and O–H groups in total. The first-order valence-corrected chi connectivity index (χ1v) is 5.23. The first kappa shape index (κ1) is 12.3. The van der Waals surface area contributed by atoms with E-state index in [9.17, 15) is 18.0 Å². The summed E-state index contributed by atoms with van der Waals surface area (Å²) in [6.07, 6.45) is -1.01. The number of carbonyl (C=O) groups is 1. The highest BCUT2D eigenvalue weighted by atomic mass is 19.4. The van der Waals surface area contributed by atoms with Gasteiger partial charge in [-0.1, -0.05) is 6.92 Å². The maximum absolute atomic E-state index is 11.8. The van der Waals surface area contributed by atoms with Crippen LogP contribution >= 0.6 is 0 Å². The minimum Gasteiger partial charge on any atom is -0.347 e. The van der Waals surface area contributed by atoms with Crippen molar-refractivity contribution < 1.29 is 18.0 Å². The fourth-order valence-corrected chi connectivity index (χ4v) is 1.85. The topological polar surface area (TPSA) is 29.1 Å². The van der Waals surface area contributed by atoms with Gasteiger partial charge in [0.1, 0.15) is 6.54 Å². The van der Waals surface area contributed by atoms with Crippen molar-refractivity contribution in [1.29, 1.82) is 0 Å². The van der Waals surface area contributed by atoms with Crippen LogP contribution in [0.4, 0.5) is 13.2 Å². The van der Waals surface area contributed by atoms with Crippen molar-refractivity contribution in [3.05, 3.63) is 0 Å². The molecule has 0 aliphatic heterocycles. The Kier molecular flexibility index (Phi) is 3.99. The predicted octanol–water partition coefficient (Wildman–Crippen LogP) is 2.49. The number of carbonyl (C=O) groups excluding carboxylic acids is 1. The molecular formula is C10H16F3NO. The third-order valence-corrected chi connectivity index (χ3v) is 2.85. The fourth-order valence-electron chi connectivity index (χ4n) is 1.85.